The van der Waals surface area contributed by atoms with Crippen LogP contribution in [0.3, 0.4) is 0 Å². The Hall–Kier alpha value is -4.08. The van der Waals surface area contributed by atoms with Crippen LogP contribution in [0.1, 0.15) is 22.3 Å². The summed E-state index contributed by atoms with van der Waals surface area (Å²) in [7, 11) is 0. The van der Waals surface area contributed by atoms with Crippen LogP contribution in [0.25, 0.3) is 11.1 Å². The zero-order valence-corrected chi connectivity index (χ0v) is 20.1. The lowest BCUT2D eigenvalue weighted by Crippen LogP contribution is -2.21. The van der Waals surface area contributed by atoms with Crippen molar-refractivity contribution in [2.75, 3.05) is 13.2 Å². The van der Waals surface area contributed by atoms with Crippen LogP contribution >= 0.6 is 0 Å². The van der Waals surface area contributed by atoms with E-state index in [-0.39, 0.29) is 19.8 Å². The third-order valence-electron chi connectivity index (χ3n) is 5.86. The van der Waals surface area contributed by atoms with Crippen molar-refractivity contribution in [1.82, 2.24) is 9.72 Å². The zero-order chi connectivity index (χ0) is 25.7. The van der Waals surface area contributed by atoms with Gasteiger partial charge in [-0.2, -0.15) is 0 Å². The average Bonchev–Trinajstić information content (AvgIpc) is 3.19. The van der Waals surface area contributed by atoms with Gasteiger partial charge in [0.2, 0.25) is 0 Å². The van der Waals surface area contributed by atoms with Crippen molar-refractivity contribution >= 4 is 0 Å². The molecule has 188 valence electrons. The normalized spacial score (nSPS) is 11.9. The van der Waals surface area contributed by atoms with Crippen LogP contribution in [0.2, 0.25) is 0 Å². The Morgan fingerprint density at radius 3 is 2.39 bits per heavy atom. The molecule has 0 fully saturated rings. The summed E-state index contributed by atoms with van der Waals surface area (Å²) in [6.45, 7) is 4.27. The van der Waals surface area contributed by atoms with Crippen LogP contribution in [-0.2, 0) is 13.2 Å². The van der Waals surface area contributed by atoms with Crippen LogP contribution in [0.15, 0.2) is 74.8 Å². The Bertz CT molecular complexity index is 1430. The number of aromatic nitrogens is 2. The van der Waals surface area contributed by atoms with Gasteiger partial charge in [-0.15, -0.1) is 4.74 Å². The Labute approximate surface area is 207 Å². The number of hydrogen-bond donors (Lipinski definition) is 3. The summed E-state index contributed by atoms with van der Waals surface area (Å²) in [4.78, 5) is 24.8. The largest absolute Gasteiger partial charge is 0.491 e. The zero-order valence-electron chi connectivity index (χ0n) is 20.1. The maximum Gasteiger partial charge on any atom is 0.440 e. The lowest BCUT2D eigenvalue weighted by molar-refractivity contribution is 0.0536. The van der Waals surface area contributed by atoms with E-state index in [0.717, 1.165) is 38.1 Å². The molecule has 0 amide bonds. The molecule has 9 nitrogen and oxygen atoms in total. The second-order valence-electron chi connectivity index (χ2n) is 8.49. The predicted molar refractivity (Wildman–Crippen MR) is 133 cm³/mol. The fraction of sp³-hybridized carbons (Fsp3) is 0.259. The molecule has 1 heterocycles. The molecule has 4 rings (SSSR count). The molecule has 9 heteroatoms. The van der Waals surface area contributed by atoms with Crippen LogP contribution in [0, 0.1) is 13.8 Å². The first-order valence-corrected chi connectivity index (χ1v) is 11.5. The number of ether oxygens (including phenoxy) is 2. The summed E-state index contributed by atoms with van der Waals surface area (Å²) in [6.07, 6.45) is -0.911. The number of aliphatic hydroxyl groups excluding tert-OH is 2. The first kappa shape index (κ1) is 25.0. The highest BCUT2D eigenvalue weighted by Crippen LogP contribution is 2.31. The van der Waals surface area contributed by atoms with Crippen molar-refractivity contribution in [1.29, 1.82) is 0 Å². The van der Waals surface area contributed by atoms with Gasteiger partial charge in [0.25, 0.3) is 0 Å². The van der Waals surface area contributed by atoms with Gasteiger partial charge in [-0.3, -0.25) is 0 Å². The maximum absolute atomic E-state index is 11.6. The molecule has 3 N–H and O–H groups in total. The Morgan fingerprint density at radius 2 is 1.72 bits per heavy atom. The second kappa shape index (κ2) is 11.1. The second-order valence-corrected chi connectivity index (χ2v) is 8.49. The standard InChI is InChI=1S/C27H28N2O7/c1-17-12-23(35-16-21(31)14-30)10-11-24(17)25-5-3-4-20(18(25)2)15-34-22-8-6-19(7-9-22)13-29-26(32)28-27(33)36-29/h3-12,21,30-31H,13-16H2,1-2H3,(H,28,32,33)/t21-/m0/s1. The van der Waals surface area contributed by atoms with Gasteiger partial charge in [-0.25, -0.2) is 14.6 Å². The van der Waals surface area contributed by atoms with Crippen molar-refractivity contribution in [3.05, 3.63) is 104 Å². The summed E-state index contributed by atoms with van der Waals surface area (Å²) < 4.78 is 17.3. The third kappa shape index (κ3) is 5.94. The van der Waals surface area contributed by atoms with Crippen LogP contribution < -0.4 is 20.9 Å². The summed E-state index contributed by atoms with van der Waals surface area (Å²) in [6, 6.07) is 19.1. The molecule has 0 bridgehead atoms. The molecule has 0 saturated heterocycles. The highest BCUT2D eigenvalue weighted by atomic mass is 16.5. The van der Waals surface area contributed by atoms with Gasteiger partial charge in [0.15, 0.2) is 0 Å². The highest BCUT2D eigenvalue weighted by molar-refractivity contribution is 5.72. The monoisotopic (exact) mass is 492 g/mol. The number of hydrogen-bond acceptors (Lipinski definition) is 7. The van der Waals surface area contributed by atoms with Crippen LogP contribution in [0.5, 0.6) is 11.5 Å². The first-order valence-electron chi connectivity index (χ1n) is 11.5. The van der Waals surface area contributed by atoms with Crippen molar-refractivity contribution in [3.8, 4) is 22.6 Å². The van der Waals surface area contributed by atoms with Gasteiger partial charge in [0.05, 0.1) is 13.2 Å². The molecule has 0 spiro atoms. The summed E-state index contributed by atoms with van der Waals surface area (Å²) in [5, 5.41) is 18.4. The number of rotatable bonds is 10. The summed E-state index contributed by atoms with van der Waals surface area (Å²) in [5.41, 5.74) is 5.53. The van der Waals surface area contributed by atoms with E-state index in [2.05, 4.69) is 18.0 Å². The minimum atomic E-state index is -0.911. The van der Waals surface area contributed by atoms with Crippen LogP contribution in [0.4, 0.5) is 0 Å². The molecule has 0 aliphatic heterocycles. The molecule has 4 aromatic rings. The maximum atomic E-state index is 11.6. The molecule has 0 aliphatic rings. The van der Waals surface area contributed by atoms with Crippen molar-refractivity contribution < 1.29 is 24.2 Å². The number of H-pyrrole nitrogens is 1. The number of aryl methyl sites for hydroxylation is 1. The minimum absolute atomic E-state index is 0.0309. The fourth-order valence-corrected chi connectivity index (χ4v) is 3.84. The molecule has 0 aliphatic carbocycles. The van der Waals surface area contributed by atoms with E-state index in [4.69, 9.17) is 19.1 Å². The third-order valence-corrected chi connectivity index (χ3v) is 5.86. The number of aromatic amines is 1. The molecular formula is C27H28N2O7. The number of nitrogens with one attached hydrogen (secondary N) is 1. The van der Waals surface area contributed by atoms with Gasteiger partial charge < -0.3 is 24.2 Å². The molecule has 0 radical (unpaired) electrons. The van der Waals surface area contributed by atoms with Gasteiger partial charge in [0.1, 0.15) is 30.8 Å². The number of nitrogens with zero attached hydrogens (tertiary/aromatic N) is 1. The molecule has 1 atom stereocenters. The molecule has 0 unspecified atom stereocenters. The first-order chi connectivity index (χ1) is 17.3. The smallest absolute Gasteiger partial charge is 0.440 e. The minimum Gasteiger partial charge on any atom is -0.491 e. The van der Waals surface area contributed by atoms with E-state index < -0.39 is 17.5 Å². The fourth-order valence-electron chi connectivity index (χ4n) is 3.84. The molecule has 1 aromatic heterocycles. The van der Waals surface area contributed by atoms with Gasteiger partial charge in [0, 0.05) is 0 Å². The van der Waals surface area contributed by atoms with Crippen molar-refractivity contribution in [2.45, 2.75) is 33.1 Å². The predicted octanol–water partition coefficient (Wildman–Crippen LogP) is 2.77. The van der Waals surface area contributed by atoms with E-state index in [1.165, 1.54) is 0 Å². The van der Waals surface area contributed by atoms with Gasteiger partial charge >= 0.3 is 11.4 Å². The molecular weight excluding hydrogens is 464 g/mol. The number of benzene rings is 3. The SMILES string of the molecule is Cc1cc(OC[C@@H](O)CO)ccc1-c1cccc(COc2ccc(Cn3oc(=O)[nH]c3=O)cc2)c1C. The Morgan fingerprint density at radius 1 is 0.972 bits per heavy atom. The quantitative estimate of drug-likeness (QED) is 0.311. The van der Waals surface area contributed by atoms with E-state index >= 15 is 0 Å². The van der Waals surface area contributed by atoms with Gasteiger partial charge in [-0.1, -0.05) is 36.4 Å². The Balaban J connectivity index is 1.43. The summed E-state index contributed by atoms with van der Waals surface area (Å²) in [5.74, 6) is 0.525. The molecule has 0 saturated carbocycles. The van der Waals surface area contributed by atoms with Crippen molar-refractivity contribution in [3.63, 3.8) is 0 Å². The van der Waals surface area contributed by atoms with Gasteiger partial charge in [-0.05, 0) is 71.5 Å². The van der Waals surface area contributed by atoms with Crippen molar-refractivity contribution in [2.24, 2.45) is 0 Å². The van der Waals surface area contributed by atoms with E-state index in [1.807, 2.05) is 49.4 Å². The number of aliphatic hydroxyl groups is 2. The highest BCUT2D eigenvalue weighted by Gasteiger charge is 2.11. The van der Waals surface area contributed by atoms with E-state index in [0.29, 0.717) is 18.1 Å². The Kier molecular flexibility index (Phi) is 7.72. The topological polar surface area (TPSA) is 127 Å². The lowest BCUT2D eigenvalue weighted by atomic mass is 9.93. The van der Waals surface area contributed by atoms with E-state index in [9.17, 15) is 14.7 Å². The molecule has 36 heavy (non-hydrogen) atoms. The average molecular weight is 493 g/mol. The van der Waals surface area contributed by atoms with Crippen LogP contribution in [-0.4, -0.2) is 39.3 Å². The molecule has 3 aromatic carbocycles. The summed E-state index contributed by atoms with van der Waals surface area (Å²) >= 11 is 0. The van der Waals surface area contributed by atoms with E-state index in [1.54, 1.807) is 12.1 Å². The lowest BCUT2D eigenvalue weighted by Gasteiger charge is -2.16.